The number of alkyl halides is 2. The molecule has 1 aliphatic carbocycles. The first-order valence-electron chi connectivity index (χ1n) is 2.56. The van der Waals surface area contributed by atoms with Gasteiger partial charge in [0.2, 0.25) is 0 Å². The zero-order valence-corrected chi connectivity index (χ0v) is 9.12. The molecule has 1 unspecified atom stereocenters. The highest BCUT2D eigenvalue weighted by Gasteiger charge is 2.70. The fraction of sp³-hybridized carbons (Fsp3) is 1.00. The normalized spacial score (nSPS) is 37.6. The second-order valence-corrected chi connectivity index (χ2v) is 8.21. The van der Waals surface area contributed by atoms with E-state index in [1.54, 1.807) is 0 Å². The van der Waals surface area contributed by atoms with Crippen LogP contribution < -0.4 is 0 Å². The smallest absolute Gasteiger partial charge is 0.272 e. The predicted molar refractivity (Wildman–Crippen MR) is 45.2 cm³/mol. The van der Waals surface area contributed by atoms with Gasteiger partial charge in [-0.1, -0.05) is 31.9 Å². The van der Waals surface area contributed by atoms with Gasteiger partial charge in [0, 0.05) is 0 Å². The molecule has 0 aromatic rings. The molecule has 6 heteroatoms. The van der Waals surface area contributed by atoms with Crippen LogP contribution in [0.2, 0.25) is 0 Å². The molecule has 0 aliphatic heterocycles. The van der Waals surface area contributed by atoms with Crippen molar-refractivity contribution < 1.29 is 13.0 Å². The summed E-state index contributed by atoms with van der Waals surface area (Å²) in [6.45, 7) is 1.48. The number of hydrogen-bond acceptors (Lipinski definition) is 2. The first-order valence-corrected chi connectivity index (χ1v) is 5.58. The summed E-state index contributed by atoms with van der Waals surface area (Å²) < 4.78 is 28.2. The van der Waals surface area contributed by atoms with Crippen molar-refractivity contribution in [2.75, 3.05) is 0 Å². The molecule has 60 valence electrons. The van der Waals surface area contributed by atoms with Crippen molar-refractivity contribution in [1.29, 1.82) is 0 Å². The van der Waals surface area contributed by atoms with Crippen LogP contribution in [0.1, 0.15) is 13.3 Å². The minimum absolute atomic E-state index is 0.388. The lowest BCUT2D eigenvalue weighted by atomic mass is 10.5. The highest BCUT2D eigenvalue weighted by atomic mass is 79.9. The Kier molecular flexibility index (Phi) is 1.76. The number of halogens is 2. The third-order valence-corrected chi connectivity index (χ3v) is 6.24. The van der Waals surface area contributed by atoms with Crippen LogP contribution in [0.3, 0.4) is 0 Å². The molecule has 0 bridgehead atoms. The molecule has 1 aliphatic rings. The summed E-state index contributed by atoms with van der Waals surface area (Å²) in [6.07, 6.45) is 0.388. The van der Waals surface area contributed by atoms with Crippen LogP contribution in [-0.2, 0) is 10.1 Å². The van der Waals surface area contributed by atoms with Crippen LogP contribution in [0, 0.1) is 0 Å². The SMILES string of the molecule is CC1(S(=O)(=O)O)CC1(Br)Br. The predicted octanol–water partition coefficient (Wildman–Crippen LogP) is 1.52. The van der Waals surface area contributed by atoms with Gasteiger partial charge in [-0.3, -0.25) is 4.55 Å². The molecule has 1 fully saturated rings. The van der Waals surface area contributed by atoms with Gasteiger partial charge in [0.05, 0.1) is 0 Å². The second-order valence-electron chi connectivity index (χ2n) is 2.59. The van der Waals surface area contributed by atoms with Crippen LogP contribution >= 0.6 is 31.9 Å². The molecule has 0 saturated heterocycles. The van der Waals surface area contributed by atoms with Crippen LogP contribution in [0.4, 0.5) is 0 Å². The molecule has 3 nitrogen and oxygen atoms in total. The summed E-state index contributed by atoms with van der Waals surface area (Å²) >= 11 is 6.24. The van der Waals surface area contributed by atoms with E-state index in [0.717, 1.165) is 0 Å². The van der Waals surface area contributed by atoms with Crippen molar-refractivity contribution in [1.82, 2.24) is 0 Å². The Morgan fingerprint density at radius 1 is 1.50 bits per heavy atom. The maximum Gasteiger partial charge on any atom is 0.272 e. The molecule has 1 rings (SSSR count). The van der Waals surface area contributed by atoms with Gasteiger partial charge in [-0.2, -0.15) is 8.42 Å². The van der Waals surface area contributed by atoms with Crippen LogP contribution in [0.25, 0.3) is 0 Å². The van der Waals surface area contributed by atoms with Crippen molar-refractivity contribution in [3.05, 3.63) is 0 Å². The Balaban J connectivity index is 3.00. The Hall–Kier alpha value is 0.870. The largest absolute Gasteiger partial charge is 0.285 e. The van der Waals surface area contributed by atoms with Crippen molar-refractivity contribution in [3.8, 4) is 0 Å². The molecule has 1 atom stereocenters. The van der Waals surface area contributed by atoms with Crippen molar-refractivity contribution in [2.24, 2.45) is 0 Å². The van der Waals surface area contributed by atoms with E-state index < -0.39 is 18.1 Å². The molecular weight excluding hydrogens is 288 g/mol. The zero-order chi connectivity index (χ0) is 8.21. The highest BCUT2D eigenvalue weighted by Crippen LogP contribution is 2.63. The summed E-state index contributed by atoms with van der Waals surface area (Å²) in [7, 11) is -3.93. The van der Waals surface area contributed by atoms with E-state index >= 15 is 0 Å². The van der Waals surface area contributed by atoms with Gasteiger partial charge >= 0.3 is 0 Å². The average Bonchev–Trinajstić information content (AvgIpc) is 2.05. The summed E-state index contributed by atoms with van der Waals surface area (Å²) in [6, 6.07) is 0. The Labute approximate surface area is 76.2 Å². The van der Waals surface area contributed by atoms with E-state index in [1.807, 2.05) is 0 Å². The number of hydrogen-bond donors (Lipinski definition) is 1. The third-order valence-electron chi connectivity index (χ3n) is 1.78. The monoisotopic (exact) mass is 292 g/mol. The maximum atomic E-state index is 10.6. The summed E-state index contributed by atoms with van der Waals surface area (Å²) in [5, 5.41) is 0. The van der Waals surface area contributed by atoms with Crippen LogP contribution in [0.5, 0.6) is 0 Å². The van der Waals surface area contributed by atoms with E-state index in [1.165, 1.54) is 6.92 Å². The zero-order valence-electron chi connectivity index (χ0n) is 5.13. The molecule has 0 aromatic carbocycles. The van der Waals surface area contributed by atoms with E-state index in [-0.39, 0.29) is 0 Å². The lowest BCUT2D eigenvalue weighted by Crippen LogP contribution is -2.23. The van der Waals surface area contributed by atoms with Crippen molar-refractivity contribution in [2.45, 2.75) is 21.3 Å². The molecule has 0 heterocycles. The minimum Gasteiger partial charge on any atom is -0.285 e. The van der Waals surface area contributed by atoms with Crippen molar-refractivity contribution in [3.63, 3.8) is 0 Å². The molecule has 0 aromatic heterocycles. The van der Waals surface area contributed by atoms with Crippen LogP contribution in [0.15, 0.2) is 0 Å². The highest BCUT2D eigenvalue weighted by molar-refractivity contribution is 9.25. The average molecular weight is 294 g/mol. The Morgan fingerprint density at radius 2 is 1.80 bits per heavy atom. The molecular formula is C4H6Br2O3S. The summed E-state index contributed by atoms with van der Waals surface area (Å²) in [5.74, 6) is 0. The Bertz CT molecular complexity index is 258. The van der Waals surface area contributed by atoms with Crippen molar-refractivity contribution >= 4 is 42.0 Å². The van der Waals surface area contributed by atoms with Gasteiger partial charge in [-0.15, -0.1) is 0 Å². The van der Waals surface area contributed by atoms with Crippen LogP contribution in [-0.4, -0.2) is 21.0 Å². The maximum absolute atomic E-state index is 10.6. The quantitative estimate of drug-likeness (QED) is 0.589. The molecule has 1 N–H and O–H groups in total. The van der Waals surface area contributed by atoms with E-state index in [4.69, 9.17) is 4.55 Å². The van der Waals surface area contributed by atoms with Gasteiger partial charge in [0.15, 0.2) is 0 Å². The topological polar surface area (TPSA) is 54.4 Å². The minimum atomic E-state index is -3.93. The van der Waals surface area contributed by atoms with Gasteiger partial charge in [0.1, 0.15) is 7.98 Å². The first kappa shape index (κ1) is 8.96. The molecule has 0 radical (unpaired) electrons. The summed E-state index contributed by atoms with van der Waals surface area (Å²) in [5.41, 5.74) is 0. The van der Waals surface area contributed by atoms with Gasteiger partial charge < -0.3 is 0 Å². The third kappa shape index (κ3) is 1.05. The number of rotatable bonds is 1. The molecule has 1 saturated carbocycles. The molecule has 0 amide bonds. The van der Waals surface area contributed by atoms with Gasteiger partial charge in [0.25, 0.3) is 10.1 Å². The molecule has 10 heavy (non-hydrogen) atoms. The fourth-order valence-corrected chi connectivity index (χ4v) is 4.16. The lowest BCUT2D eigenvalue weighted by molar-refractivity contribution is 0.468. The fourth-order valence-electron chi connectivity index (χ4n) is 0.659. The second kappa shape index (κ2) is 1.97. The Morgan fingerprint density at radius 3 is 1.80 bits per heavy atom. The summed E-state index contributed by atoms with van der Waals surface area (Å²) in [4.78, 5) is 0. The molecule has 0 spiro atoms. The first-order chi connectivity index (χ1) is 4.21. The van der Waals surface area contributed by atoms with Gasteiger partial charge in [-0.05, 0) is 13.3 Å². The lowest BCUT2D eigenvalue weighted by Gasteiger charge is -2.06. The standard InChI is InChI=1S/C4H6Br2O3S/c1-3(10(7,8)9)2-4(3,5)6/h2H2,1H3,(H,7,8,9). The van der Waals surface area contributed by atoms with E-state index in [2.05, 4.69) is 31.9 Å². The van der Waals surface area contributed by atoms with E-state index in [9.17, 15) is 8.42 Å². The van der Waals surface area contributed by atoms with E-state index in [0.29, 0.717) is 6.42 Å². The van der Waals surface area contributed by atoms with Gasteiger partial charge in [-0.25, -0.2) is 0 Å².